The number of aryl methyl sites for hydroxylation is 1. The molecule has 3 N–H and O–H groups in total. The molecule has 1 fully saturated rings. The molecule has 6 heteroatoms. The van der Waals surface area contributed by atoms with E-state index in [0.29, 0.717) is 42.9 Å². The zero-order chi connectivity index (χ0) is 18.5. The van der Waals surface area contributed by atoms with Gasteiger partial charge in [0.05, 0.1) is 0 Å². The van der Waals surface area contributed by atoms with E-state index in [9.17, 15) is 4.79 Å². The number of nitrogens with two attached hydrogens (primary N) is 1. The van der Waals surface area contributed by atoms with E-state index < -0.39 is 0 Å². The Labute approximate surface area is 154 Å². The second-order valence-electron chi connectivity index (χ2n) is 7.39. The van der Waals surface area contributed by atoms with Crippen molar-refractivity contribution >= 4 is 5.91 Å². The Bertz CT molecular complexity index is 724. The highest BCUT2D eigenvalue weighted by molar-refractivity contribution is 5.76. The number of nitrogens with one attached hydrogen (secondary N) is 1. The fraction of sp³-hybridized carbons (Fsp3) is 0.550. The molecular weight excluding hydrogens is 328 g/mol. The molecule has 2 atom stereocenters. The van der Waals surface area contributed by atoms with Crippen molar-refractivity contribution in [2.75, 3.05) is 6.54 Å². The van der Waals surface area contributed by atoms with Gasteiger partial charge in [0.2, 0.25) is 17.6 Å². The average molecular weight is 356 g/mol. The molecule has 0 radical (unpaired) electrons. The molecule has 1 saturated carbocycles. The van der Waals surface area contributed by atoms with Crippen molar-refractivity contribution in [1.29, 1.82) is 0 Å². The SMILES string of the molecule is CC(C)c1ccc(-c2noc(CCC(=O)NC3CCCC3CN)n2)cc1. The maximum absolute atomic E-state index is 12.2. The molecule has 1 aromatic heterocycles. The van der Waals surface area contributed by atoms with Crippen LogP contribution in [0.2, 0.25) is 0 Å². The van der Waals surface area contributed by atoms with Crippen LogP contribution in [0.5, 0.6) is 0 Å². The molecule has 1 aromatic carbocycles. The van der Waals surface area contributed by atoms with E-state index in [1.165, 1.54) is 5.56 Å². The smallest absolute Gasteiger partial charge is 0.227 e. The van der Waals surface area contributed by atoms with E-state index in [0.717, 1.165) is 24.8 Å². The van der Waals surface area contributed by atoms with Gasteiger partial charge in [-0.2, -0.15) is 4.98 Å². The lowest BCUT2D eigenvalue weighted by molar-refractivity contribution is -0.122. The normalized spacial score (nSPS) is 19.8. The number of carbonyl (C=O) groups is 1. The van der Waals surface area contributed by atoms with E-state index in [-0.39, 0.29) is 11.9 Å². The first kappa shape index (κ1) is 18.6. The Morgan fingerprint density at radius 2 is 2.08 bits per heavy atom. The first-order chi connectivity index (χ1) is 12.6. The minimum Gasteiger partial charge on any atom is -0.353 e. The molecule has 2 aromatic rings. The summed E-state index contributed by atoms with van der Waals surface area (Å²) in [7, 11) is 0. The molecule has 0 saturated heterocycles. The van der Waals surface area contributed by atoms with Gasteiger partial charge >= 0.3 is 0 Å². The third-order valence-electron chi connectivity index (χ3n) is 5.18. The predicted octanol–water partition coefficient (Wildman–Crippen LogP) is 3.04. The lowest BCUT2D eigenvalue weighted by atomic mass is 10.0. The lowest BCUT2D eigenvalue weighted by Crippen LogP contribution is -2.39. The fourth-order valence-electron chi connectivity index (χ4n) is 3.50. The Morgan fingerprint density at radius 3 is 2.77 bits per heavy atom. The highest BCUT2D eigenvalue weighted by Gasteiger charge is 2.27. The van der Waals surface area contributed by atoms with Crippen molar-refractivity contribution in [2.45, 2.75) is 57.9 Å². The van der Waals surface area contributed by atoms with Crippen LogP contribution >= 0.6 is 0 Å². The first-order valence-electron chi connectivity index (χ1n) is 9.49. The summed E-state index contributed by atoms with van der Waals surface area (Å²) in [4.78, 5) is 16.6. The average Bonchev–Trinajstić information content (AvgIpc) is 3.29. The molecule has 0 bridgehead atoms. The summed E-state index contributed by atoms with van der Waals surface area (Å²) < 4.78 is 5.30. The minimum absolute atomic E-state index is 0.0244. The van der Waals surface area contributed by atoms with Gasteiger partial charge in [0.25, 0.3) is 0 Å². The van der Waals surface area contributed by atoms with Gasteiger partial charge in [0.15, 0.2) is 0 Å². The third kappa shape index (κ3) is 4.49. The van der Waals surface area contributed by atoms with Crippen molar-refractivity contribution in [2.24, 2.45) is 11.7 Å². The minimum atomic E-state index is 0.0244. The summed E-state index contributed by atoms with van der Waals surface area (Å²) in [5.41, 5.74) is 7.96. The van der Waals surface area contributed by atoms with Crippen LogP contribution < -0.4 is 11.1 Å². The maximum Gasteiger partial charge on any atom is 0.227 e. The lowest BCUT2D eigenvalue weighted by Gasteiger charge is -2.19. The number of nitrogens with zero attached hydrogens (tertiary/aromatic N) is 2. The van der Waals surface area contributed by atoms with Crippen molar-refractivity contribution in [3.05, 3.63) is 35.7 Å². The highest BCUT2D eigenvalue weighted by Crippen LogP contribution is 2.25. The van der Waals surface area contributed by atoms with Gasteiger partial charge < -0.3 is 15.6 Å². The van der Waals surface area contributed by atoms with Gasteiger partial charge in [0, 0.05) is 24.4 Å². The van der Waals surface area contributed by atoms with Crippen LogP contribution in [-0.4, -0.2) is 28.6 Å². The molecule has 2 unspecified atom stereocenters. The van der Waals surface area contributed by atoms with Gasteiger partial charge in [-0.15, -0.1) is 0 Å². The number of benzene rings is 1. The molecular formula is C20H28N4O2. The quantitative estimate of drug-likeness (QED) is 0.795. The van der Waals surface area contributed by atoms with Crippen molar-refractivity contribution in [3.63, 3.8) is 0 Å². The summed E-state index contributed by atoms with van der Waals surface area (Å²) in [6.07, 6.45) is 4.05. The fourth-order valence-corrected chi connectivity index (χ4v) is 3.50. The molecule has 1 aliphatic rings. The van der Waals surface area contributed by atoms with E-state index in [1.807, 2.05) is 12.1 Å². The van der Waals surface area contributed by atoms with Crippen LogP contribution in [0.25, 0.3) is 11.4 Å². The zero-order valence-electron chi connectivity index (χ0n) is 15.6. The predicted molar refractivity (Wildman–Crippen MR) is 100 cm³/mol. The maximum atomic E-state index is 12.2. The molecule has 0 aliphatic heterocycles. The standard InChI is InChI=1S/C20H28N4O2/c1-13(2)14-6-8-15(9-7-14)20-23-19(26-24-20)11-10-18(25)22-17-5-3-4-16(17)12-21/h6-9,13,16-17H,3-5,10-12,21H2,1-2H3,(H,22,25). The number of rotatable bonds is 7. The van der Waals surface area contributed by atoms with Crippen molar-refractivity contribution in [3.8, 4) is 11.4 Å². The van der Waals surface area contributed by atoms with Crippen LogP contribution in [0.1, 0.15) is 56.9 Å². The molecule has 6 nitrogen and oxygen atoms in total. The Morgan fingerprint density at radius 1 is 1.31 bits per heavy atom. The van der Waals surface area contributed by atoms with Crippen molar-refractivity contribution < 1.29 is 9.32 Å². The summed E-state index contributed by atoms with van der Waals surface area (Å²) in [6.45, 7) is 4.95. The Hall–Kier alpha value is -2.21. The monoisotopic (exact) mass is 356 g/mol. The largest absolute Gasteiger partial charge is 0.353 e. The summed E-state index contributed by atoms with van der Waals surface area (Å²) >= 11 is 0. The Balaban J connectivity index is 1.52. The summed E-state index contributed by atoms with van der Waals surface area (Å²) in [5.74, 6) is 1.97. The number of hydrogen-bond donors (Lipinski definition) is 2. The van der Waals surface area contributed by atoms with Crippen LogP contribution in [0, 0.1) is 5.92 Å². The van der Waals surface area contributed by atoms with Gasteiger partial charge in [-0.25, -0.2) is 0 Å². The first-order valence-corrected chi connectivity index (χ1v) is 9.49. The second-order valence-corrected chi connectivity index (χ2v) is 7.39. The third-order valence-corrected chi connectivity index (χ3v) is 5.18. The highest BCUT2D eigenvalue weighted by atomic mass is 16.5. The topological polar surface area (TPSA) is 94.0 Å². The molecule has 0 spiro atoms. The number of carbonyl (C=O) groups excluding carboxylic acids is 1. The molecule has 26 heavy (non-hydrogen) atoms. The van der Waals surface area contributed by atoms with E-state index in [2.05, 4.69) is 41.4 Å². The van der Waals surface area contributed by atoms with Gasteiger partial charge in [-0.05, 0) is 36.8 Å². The van der Waals surface area contributed by atoms with E-state index in [4.69, 9.17) is 10.3 Å². The number of aromatic nitrogens is 2. The van der Waals surface area contributed by atoms with E-state index >= 15 is 0 Å². The number of hydrogen-bond acceptors (Lipinski definition) is 5. The second kappa shape index (κ2) is 8.45. The van der Waals surface area contributed by atoms with Crippen molar-refractivity contribution in [1.82, 2.24) is 15.5 Å². The molecule has 1 aliphatic carbocycles. The summed E-state index contributed by atoms with van der Waals surface area (Å²) in [6, 6.07) is 8.39. The van der Waals surface area contributed by atoms with Gasteiger partial charge in [-0.1, -0.05) is 49.7 Å². The molecule has 1 amide bonds. The van der Waals surface area contributed by atoms with Crippen LogP contribution in [-0.2, 0) is 11.2 Å². The van der Waals surface area contributed by atoms with E-state index in [1.54, 1.807) is 0 Å². The van der Waals surface area contributed by atoms with Gasteiger partial charge in [0.1, 0.15) is 0 Å². The molecule has 140 valence electrons. The molecule has 3 rings (SSSR count). The van der Waals surface area contributed by atoms with Crippen LogP contribution in [0.15, 0.2) is 28.8 Å². The Kier molecular flexibility index (Phi) is 6.04. The van der Waals surface area contributed by atoms with Crippen LogP contribution in [0.3, 0.4) is 0 Å². The van der Waals surface area contributed by atoms with Crippen LogP contribution in [0.4, 0.5) is 0 Å². The zero-order valence-corrected chi connectivity index (χ0v) is 15.6. The molecule has 1 heterocycles. The number of amides is 1. The van der Waals surface area contributed by atoms with Gasteiger partial charge in [-0.3, -0.25) is 4.79 Å². The summed E-state index contributed by atoms with van der Waals surface area (Å²) in [5, 5.41) is 7.13.